The number of aryl methyl sites for hydroxylation is 1. The van der Waals surface area contributed by atoms with Crippen LogP contribution in [0.1, 0.15) is 30.5 Å². The van der Waals surface area contributed by atoms with Crippen LogP contribution in [0.5, 0.6) is 5.75 Å². The molecule has 2 fully saturated rings. The maximum absolute atomic E-state index is 12.6. The molecule has 2 aromatic rings. The fourth-order valence-electron chi connectivity index (χ4n) is 4.47. The lowest BCUT2D eigenvalue weighted by Crippen LogP contribution is -2.47. The van der Waals surface area contributed by atoms with E-state index >= 15 is 0 Å². The Hall–Kier alpha value is -2.71. The summed E-state index contributed by atoms with van der Waals surface area (Å²) in [4.78, 5) is 27.1. The van der Waals surface area contributed by atoms with Crippen LogP contribution in [0.2, 0.25) is 0 Å². The Morgan fingerprint density at radius 2 is 1.94 bits per heavy atom. The molecule has 0 spiro atoms. The number of likely N-dealkylation sites (N-methyl/N-ethyl adjacent to an activating group) is 1. The average molecular weight is 440 g/mol. The Balaban J connectivity index is 1.24. The Labute approximate surface area is 189 Å². The van der Waals surface area contributed by atoms with E-state index in [-0.39, 0.29) is 19.1 Å². The fraction of sp³-hybridized carbons (Fsp3) is 0.542. The monoisotopic (exact) mass is 439 g/mol. The van der Waals surface area contributed by atoms with Crippen molar-refractivity contribution < 1.29 is 14.6 Å². The highest BCUT2D eigenvalue weighted by Crippen LogP contribution is 2.26. The number of rotatable bonds is 8. The highest BCUT2D eigenvalue weighted by Gasteiger charge is 2.38. The molecular formula is C24H33N5O3. The van der Waals surface area contributed by atoms with Crippen LogP contribution in [0, 0.1) is 6.92 Å². The number of anilines is 1. The van der Waals surface area contributed by atoms with Crippen molar-refractivity contribution in [3.05, 3.63) is 47.9 Å². The first kappa shape index (κ1) is 22.5. The minimum absolute atomic E-state index is 0.0487. The van der Waals surface area contributed by atoms with Crippen molar-refractivity contribution in [2.45, 2.75) is 38.3 Å². The fourth-order valence-corrected chi connectivity index (χ4v) is 4.47. The van der Waals surface area contributed by atoms with E-state index in [0.717, 1.165) is 18.1 Å². The van der Waals surface area contributed by atoms with E-state index in [0.29, 0.717) is 25.3 Å². The van der Waals surface area contributed by atoms with Crippen molar-refractivity contribution in [2.75, 3.05) is 51.3 Å². The van der Waals surface area contributed by atoms with Gasteiger partial charge in [0.05, 0.1) is 6.54 Å². The molecule has 0 bridgehead atoms. The van der Waals surface area contributed by atoms with E-state index in [1.54, 1.807) is 11.9 Å². The van der Waals surface area contributed by atoms with Crippen LogP contribution in [-0.2, 0) is 11.3 Å². The Bertz CT molecular complexity index is 916. The number of amides is 1. The first-order valence-corrected chi connectivity index (χ1v) is 11.3. The summed E-state index contributed by atoms with van der Waals surface area (Å²) >= 11 is 0. The maximum Gasteiger partial charge on any atom is 0.260 e. The van der Waals surface area contributed by atoms with E-state index < -0.39 is 5.60 Å². The normalized spacial score (nSPS) is 21.2. The molecule has 1 atom stereocenters. The minimum Gasteiger partial charge on any atom is -0.484 e. The minimum atomic E-state index is -0.972. The molecule has 4 rings (SSSR count). The zero-order chi connectivity index (χ0) is 22.6. The second-order valence-electron chi connectivity index (χ2n) is 9.08. The molecule has 0 unspecified atom stereocenters. The van der Waals surface area contributed by atoms with Gasteiger partial charge in [0.2, 0.25) is 0 Å². The van der Waals surface area contributed by atoms with Gasteiger partial charge in [0.15, 0.2) is 6.61 Å². The number of hydrogen-bond acceptors (Lipinski definition) is 7. The number of likely N-dealkylation sites (tertiary alicyclic amines) is 1. The molecule has 8 heteroatoms. The SMILES string of the molecule is Cc1cc(N2CC[C@@](O)(CN(C)C(=O)COc3ccc(CN4CCCC4)cc3)C2)ncn1. The number of aromatic nitrogens is 2. The third kappa shape index (κ3) is 5.75. The molecule has 2 aliphatic rings. The summed E-state index contributed by atoms with van der Waals surface area (Å²) in [5.41, 5.74) is 1.18. The molecule has 1 N–H and O–H groups in total. The van der Waals surface area contributed by atoms with Crippen LogP contribution < -0.4 is 9.64 Å². The van der Waals surface area contributed by atoms with Gasteiger partial charge in [-0.2, -0.15) is 0 Å². The van der Waals surface area contributed by atoms with Gasteiger partial charge in [-0.1, -0.05) is 12.1 Å². The molecule has 0 radical (unpaired) electrons. The third-order valence-corrected chi connectivity index (χ3v) is 6.29. The zero-order valence-corrected chi connectivity index (χ0v) is 19.0. The van der Waals surface area contributed by atoms with Crippen molar-refractivity contribution in [3.8, 4) is 5.75 Å². The molecule has 0 aliphatic carbocycles. The summed E-state index contributed by atoms with van der Waals surface area (Å²) in [7, 11) is 1.71. The van der Waals surface area contributed by atoms with E-state index in [4.69, 9.17) is 4.74 Å². The second-order valence-corrected chi connectivity index (χ2v) is 9.08. The number of carbonyl (C=O) groups excluding carboxylic acids is 1. The van der Waals surface area contributed by atoms with Crippen molar-refractivity contribution in [2.24, 2.45) is 0 Å². The van der Waals surface area contributed by atoms with E-state index in [9.17, 15) is 9.90 Å². The number of β-amino-alcohol motifs (C(OH)–C–C–N with tert-alkyl or cyclic N) is 1. The number of ether oxygens (including phenoxy) is 1. The molecular weight excluding hydrogens is 406 g/mol. The summed E-state index contributed by atoms with van der Waals surface area (Å²) in [5.74, 6) is 1.33. The lowest BCUT2D eigenvalue weighted by Gasteiger charge is -2.29. The number of benzene rings is 1. The second kappa shape index (κ2) is 9.83. The Kier molecular flexibility index (Phi) is 6.91. The van der Waals surface area contributed by atoms with Crippen molar-refractivity contribution in [1.82, 2.24) is 19.8 Å². The van der Waals surface area contributed by atoms with Crippen LogP contribution in [0.25, 0.3) is 0 Å². The lowest BCUT2D eigenvalue weighted by molar-refractivity contribution is -0.134. The first-order valence-electron chi connectivity index (χ1n) is 11.3. The standard InChI is InChI=1S/C24H33N5O3/c1-19-13-22(26-18-25-19)29-12-9-24(31,17-29)16-27(2)23(30)15-32-21-7-5-20(6-8-21)14-28-10-3-4-11-28/h5-8,13,18,31H,3-4,9-12,14-17H2,1-2H3/t24-/m1/s1. The first-order chi connectivity index (χ1) is 15.4. The Morgan fingerprint density at radius 3 is 2.66 bits per heavy atom. The zero-order valence-electron chi connectivity index (χ0n) is 19.0. The van der Waals surface area contributed by atoms with Gasteiger partial charge >= 0.3 is 0 Å². The van der Waals surface area contributed by atoms with Crippen molar-refractivity contribution in [3.63, 3.8) is 0 Å². The highest BCUT2D eigenvalue weighted by molar-refractivity contribution is 5.77. The van der Waals surface area contributed by atoms with E-state index in [2.05, 4.69) is 27.0 Å². The largest absolute Gasteiger partial charge is 0.484 e. The van der Waals surface area contributed by atoms with Crippen LogP contribution >= 0.6 is 0 Å². The molecule has 2 aliphatic heterocycles. The number of carbonyl (C=O) groups is 1. The molecule has 32 heavy (non-hydrogen) atoms. The van der Waals surface area contributed by atoms with Crippen LogP contribution in [0.4, 0.5) is 5.82 Å². The number of aliphatic hydroxyl groups is 1. The van der Waals surface area contributed by atoms with Crippen molar-refractivity contribution >= 4 is 11.7 Å². The predicted octanol–water partition coefficient (Wildman–Crippen LogP) is 1.86. The summed E-state index contributed by atoms with van der Waals surface area (Å²) in [5, 5.41) is 11.0. The predicted molar refractivity (Wildman–Crippen MR) is 123 cm³/mol. The maximum atomic E-state index is 12.6. The lowest BCUT2D eigenvalue weighted by atomic mass is 10.0. The topological polar surface area (TPSA) is 82.0 Å². The highest BCUT2D eigenvalue weighted by atomic mass is 16.5. The third-order valence-electron chi connectivity index (χ3n) is 6.29. The average Bonchev–Trinajstić information content (AvgIpc) is 3.43. The molecule has 0 saturated carbocycles. The Morgan fingerprint density at radius 1 is 1.19 bits per heavy atom. The van der Waals surface area contributed by atoms with E-state index in [1.807, 2.05) is 30.0 Å². The van der Waals surface area contributed by atoms with Gasteiger partial charge in [-0.05, 0) is 57.0 Å². The van der Waals surface area contributed by atoms with Crippen LogP contribution in [-0.4, -0.2) is 82.8 Å². The molecule has 1 aromatic carbocycles. The number of nitrogens with zero attached hydrogens (tertiary/aromatic N) is 5. The molecule has 172 valence electrons. The van der Waals surface area contributed by atoms with Gasteiger partial charge in [0.1, 0.15) is 23.5 Å². The van der Waals surface area contributed by atoms with E-state index in [1.165, 1.54) is 37.8 Å². The summed E-state index contributed by atoms with van der Waals surface area (Å²) < 4.78 is 5.70. The smallest absolute Gasteiger partial charge is 0.260 e. The summed E-state index contributed by atoms with van der Waals surface area (Å²) in [6.07, 6.45) is 4.68. The van der Waals surface area contributed by atoms with Crippen LogP contribution in [0.3, 0.4) is 0 Å². The van der Waals surface area contributed by atoms with Gasteiger partial charge in [0.25, 0.3) is 5.91 Å². The van der Waals surface area contributed by atoms with Crippen molar-refractivity contribution in [1.29, 1.82) is 0 Å². The van der Waals surface area contributed by atoms with Gasteiger partial charge in [-0.25, -0.2) is 9.97 Å². The van der Waals surface area contributed by atoms with Crippen LogP contribution in [0.15, 0.2) is 36.7 Å². The molecule has 2 saturated heterocycles. The van der Waals surface area contributed by atoms with Gasteiger partial charge in [-0.3, -0.25) is 9.69 Å². The molecule has 3 heterocycles. The van der Waals surface area contributed by atoms with Gasteiger partial charge < -0.3 is 19.6 Å². The molecule has 1 aromatic heterocycles. The number of hydrogen-bond donors (Lipinski definition) is 1. The quantitative estimate of drug-likeness (QED) is 0.672. The summed E-state index contributed by atoms with van der Waals surface area (Å²) in [6.45, 7) is 6.55. The van der Waals surface area contributed by atoms with Gasteiger partial charge in [0, 0.05) is 38.4 Å². The molecule has 1 amide bonds. The summed E-state index contributed by atoms with van der Waals surface area (Å²) in [6, 6.07) is 9.87. The van der Waals surface area contributed by atoms with Gasteiger partial charge in [-0.15, -0.1) is 0 Å². The molecule has 8 nitrogen and oxygen atoms in total.